The summed E-state index contributed by atoms with van der Waals surface area (Å²) < 4.78 is 0. The van der Waals surface area contributed by atoms with E-state index in [0.29, 0.717) is 10.8 Å². The van der Waals surface area contributed by atoms with E-state index in [1.807, 2.05) is 0 Å². The molecule has 0 radical (unpaired) electrons. The summed E-state index contributed by atoms with van der Waals surface area (Å²) in [5.74, 6) is 0.783. The maximum Gasteiger partial charge on any atom is -0.0175 e. The third-order valence-electron chi connectivity index (χ3n) is 2.99. The summed E-state index contributed by atoms with van der Waals surface area (Å²) in [5, 5.41) is 0. The summed E-state index contributed by atoms with van der Waals surface area (Å²) in [7, 11) is 0. The summed E-state index contributed by atoms with van der Waals surface area (Å²) in [5.41, 5.74) is 0.898. The van der Waals surface area contributed by atoms with Gasteiger partial charge in [-0.1, -0.05) is 46.8 Å². The minimum Gasteiger partial charge on any atom is -0.0844 e. The molecule has 0 aliphatic heterocycles. The maximum atomic E-state index is 2.42. The van der Waals surface area contributed by atoms with Crippen molar-refractivity contribution in [1.82, 2.24) is 0 Å². The van der Waals surface area contributed by atoms with Crippen LogP contribution in [0.3, 0.4) is 0 Å². The van der Waals surface area contributed by atoms with Crippen LogP contribution in [0.1, 0.15) is 47.5 Å². The number of allylic oxidation sites excluding steroid dienone is 2. The Morgan fingerprint density at radius 2 is 1.83 bits per heavy atom. The van der Waals surface area contributed by atoms with Gasteiger partial charge in [0.25, 0.3) is 0 Å². The Hall–Kier alpha value is -0.260. The standard InChI is InChI=1S/C12H22/c1-11(2,3)10-6-8-12(4,5)9-7-10/h6,8,10H,7,9H2,1-5H3. The molecule has 0 aromatic rings. The van der Waals surface area contributed by atoms with Crippen LogP contribution < -0.4 is 0 Å². The van der Waals surface area contributed by atoms with Crippen molar-refractivity contribution in [3.63, 3.8) is 0 Å². The first-order valence-electron chi connectivity index (χ1n) is 5.01. The topological polar surface area (TPSA) is 0 Å². The molecule has 0 heteroatoms. The summed E-state index contributed by atoms with van der Waals surface area (Å²) in [6, 6.07) is 0. The van der Waals surface area contributed by atoms with Crippen molar-refractivity contribution < 1.29 is 0 Å². The zero-order valence-corrected chi connectivity index (χ0v) is 9.15. The largest absolute Gasteiger partial charge is 0.0844 e. The Morgan fingerprint density at radius 1 is 1.25 bits per heavy atom. The van der Waals surface area contributed by atoms with Gasteiger partial charge in [0.1, 0.15) is 0 Å². The van der Waals surface area contributed by atoms with Gasteiger partial charge in [0, 0.05) is 0 Å². The molecule has 0 bridgehead atoms. The summed E-state index contributed by atoms with van der Waals surface area (Å²) in [6.07, 6.45) is 7.51. The van der Waals surface area contributed by atoms with E-state index < -0.39 is 0 Å². The molecule has 1 unspecified atom stereocenters. The van der Waals surface area contributed by atoms with Crippen molar-refractivity contribution in [3.8, 4) is 0 Å². The molecule has 0 fully saturated rings. The van der Waals surface area contributed by atoms with Gasteiger partial charge in [-0.25, -0.2) is 0 Å². The zero-order valence-electron chi connectivity index (χ0n) is 9.15. The Balaban J connectivity index is 2.67. The second-order valence-corrected chi connectivity index (χ2v) is 5.86. The fraction of sp³-hybridized carbons (Fsp3) is 0.833. The molecule has 1 aliphatic rings. The molecule has 1 atom stereocenters. The first-order valence-corrected chi connectivity index (χ1v) is 5.01. The van der Waals surface area contributed by atoms with Crippen LogP contribution in [0.5, 0.6) is 0 Å². The summed E-state index contributed by atoms with van der Waals surface area (Å²) in [4.78, 5) is 0. The molecule has 1 aliphatic carbocycles. The van der Waals surface area contributed by atoms with Crippen molar-refractivity contribution >= 4 is 0 Å². The third kappa shape index (κ3) is 2.36. The fourth-order valence-corrected chi connectivity index (χ4v) is 1.81. The average Bonchev–Trinajstić information content (AvgIpc) is 1.83. The molecular formula is C12H22. The van der Waals surface area contributed by atoms with Gasteiger partial charge in [-0.2, -0.15) is 0 Å². The monoisotopic (exact) mass is 166 g/mol. The van der Waals surface area contributed by atoms with Crippen LogP contribution in [0.15, 0.2) is 12.2 Å². The van der Waals surface area contributed by atoms with Gasteiger partial charge in [0.15, 0.2) is 0 Å². The van der Waals surface area contributed by atoms with Gasteiger partial charge in [0.2, 0.25) is 0 Å². The van der Waals surface area contributed by atoms with Crippen LogP contribution in [-0.4, -0.2) is 0 Å². The van der Waals surface area contributed by atoms with Crippen molar-refractivity contribution in [3.05, 3.63) is 12.2 Å². The predicted octanol–water partition coefficient (Wildman–Crippen LogP) is 4.02. The molecule has 0 N–H and O–H groups in total. The molecule has 12 heavy (non-hydrogen) atoms. The molecule has 0 aromatic heterocycles. The summed E-state index contributed by atoms with van der Waals surface area (Å²) >= 11 is 0. The number of hydrogen-bond donors (Lipinski definition) is 0. The van der Waals surface area contributed by atoms with E-state index in [0.717, 1.165) is 5.92 Å². The van der Waals surface area contributed by atoms with E-state index >= 15 is 0 Å². The van der Waals surface area contributed by atoms with Crippen molar-refractivity contribution in [2.75, 3.05) is 0 Å². The van der Waals surface area contributed by atoms with E-state index in [1.54, 1.807) is 0 Å². The van der Waals surface area contributed by atoms with E-state index in [2.05, 4.69) is 46.8 Å². The molecule has 1 rings (SSSR count). The first kappa shape index (κ1) is 9.83. The zero-order chi connectivity index (χ0) is 9.41. The minimum atomic E-state index is 0.446. The van der Waals surface area contributed by atoms with Crippen molar-refractivity contribution in [1.29, 1.82) is 0 Å². The van der Waals surface area contributed by atoms with Gasteiger partial charge in [-0.3, -0.25) is 0 Å². The quantitative estimate of drug-likeness (QED) is 0.477. The molecule has 70 valence electrons. The van der Waals surface area contributed by atoms with E-state index in [-0.39, 0.29) is 0 Å². The second kappa shape index (κ2) is 2.90. The van der Waals surface area contributed by atoms with Crippen LogP contribution in [0.2, 0.25) is 0 Å². The second-order valence-electron chi connectivity index (χ2n) is 5.86. The van der Waals surface area contributed by atoms with Crippen LogP contribution >= 0.6 is 0 Å². The van der Waals surface area contributed by atoms with E-state index in [1.165, 1.54) is 12.8 Å². The Bertz CT molecular complexity index is 179. The van der Waals surface area contributed by atoms with Gasteiger partial charge in [0.05, 0.1) is 0 Å². The van der Waals surface area contributed by atoms with Crippen molar-refractivity contribution in [2.24, 2.45) is 16.7 Å². The highest BCUT2D eigenvalue weighted by atomic mass is 14.3. The molecule has 0 saturated heterocycles. The number of hydrogen-bond acceptors (Lipinski definition) is 0. The lowest BCUT2D eigenvalue weighted by molar-refractivity contribution is 0.231. The fourth-order valence-electron chi connectivity index (χ4n) is 1.81. The van der Waals surface area contributed by atoms with Crippen LogP contribution in [0.4, 0.5) is 0 Å². The van der Waals surface area contributed by atoms with Gasteiger partial charge in [-0.05, 0) is 29.6 Å². The Kier molecular flexibility index (Phi) is 2.38. The normalized spacial score (nSPS) is 28.9. The molecule has 0 saturated carbocycles. The molecule has 0 spiro atoms. The summed E-state index contributed by atoms with van der Waals surface area (Å²) in [6.45, 7) is 11.6. The average molecular weight is 166 g/mol. The SMILES string of the molecule is CC1(C)C=CC(C(C)(C)C)CC1. The molecule has 0 nitrogen and oxygen atoms in total. The van der Waals surface area contributed by atoms with E-state index in [4.69, 9.17) is 0 Å². The molecule has 0 aromatic carbocycles. The number of rotatable bonds is 0. The highest BCUT2D eigenvalue weighted by Gasteiger charge is 2.28. The lowest BCUT2D eigenvalue weighted by Gasteiger charge is -2.35. The minimum absolute atomic E-state index is 0.446. The van der Waals surface area contributed by atoms with Gasteiger partial charge in [-0.15, -0.1) is 0 Å². The smallest absolute Gasteiger partial charge is 0.0175 e. The van der Waals surface area contributed by atoms with Crippen LogP contribution in [-0.2, 0) is 0 Å². The third-order valence-corrected chi connectivity index (χ3v) is 2.99. The first-order chi connectivity index (χ1) is 5.31. The van der Waals surface area contributed by atoms with Crippen LogP contribution in [0.25, 0.3) is 0 Å². The highest BCUT2D eigenvalue weighted by Crippen LogP contribution is 2.39. The molecular weight excluding hydrogens is 144 g/mol. The van der Waals surface area contributed by atoms with Crippen LogP contribution in [0, 0.1) is 16.7 Å². The molecule has 0 heterocycles. The van der Waals surface area contributed by atoms with Gasteiger partial charge < -0.3 is 0 Å². The lowest BCUT2D eigenvalue weighted by Crippen LogP contribution is -2.24. The predicted molar refractivity (Wildman–Crippen MR) is 55.1 cm³/mol. The Morgan fingerprint density at radius 3 is 2.17 bits per heavy atom. The molecule has 0 amide bonds. The Labute approximate surface area is 77.1 Å². The van der Waals surface area contributed by atoms with Crippen molar-refractivity contribution in [2.45, 2.75) is 47.5 Å². The maximum absolute atomic E-state index is 2.42. The van der Waals surface area contributed by atoms with E-state index in [9.17, 15) is 0 Å². The highest BCUT2D eigenvalue weighted by molar-refractivity contribution is 5.05. The lowest BCUT2D eigenvalue weighted by atomic mass is 9.70. The van der Waals surface area contributed by atoms with Gasteiger partial charge >= 0.3 is 0 Å².